The lowest BCUT2D eigenvalue weighted by Crippen LogP contribution is -2.27. The summed E-state index contributed by atoms with van der Waals surface area (Å²) < 4.78 is 0. The third kappa shape index (κ3) is 3.82. The van der Waals surface area contributed by atoms with Gasteiger partial charge in [-0.25, -0.2) is 0 Å². The Hall–Kier alpha value is -0.570. The molecule has 3 heteroatoms. The van der Waals surface area contributed by atoms with E-state index < -0.39 is 0 Å². The predicted molar refractivity (Wildman–Crippen MR) is 69.9 cm³/mol. The second-order valence-corrected chi connectivity index (χ2v) is 4.48. The first-order valence-electron chi connectivity index (χ1n) is 5.51. The van der Waals surface area contributed by atoms with Crippen molar-refractivity contribution in [3.8, 4) is 0 Å². The van der Waals surface area contributed by atoms with E-state index >= 15 is 0 Å². The third-order valence-corrected chi connectivity index (χ3v) is 2.82. The van der Waals surface area contributed by atoms with E-state index in [2.05, 4.69) is 45.7 Å². The molecule has 0 unspecified atom stereocenters. The average molecular weight is 271 g/mol. The molecular formula is C12H19BrN2. The lowest BCUT2D eigenvalue weighted by Gasteiger charge is -2.25. The monoisotopic (exact) mass is 270 g/mol. The van der Waals surface area contributed by atoms with Gasteiger partial charge in [0.1, 0.15) is 0 Å². The summed E-state index contributed by atoms with van der Waals surface area (Å²) in [5.41, 5.74) is 2.58. The maximum atomic E-state index is 4.13. The molecule has 0 atom stereocenters. The first-order chi connectivity index (χ1) is 7.29. The highest BCUT2D eigenvalue weighted by Crippen LogP contribution is 2.18. The van der Waals surface area contributed by atoms with Gasteiger partial charge in [0.25, 0.3) is 0 Å². The van der Waals surface area contributed by atoms with Crippen molar-refractivity contribution in [3.63, 3.8) is 0 Å². The zero-order chi connectivity index (χ0) is 11.1. The summed E-state index contributed by atoms with van der Waals surface area (Å²) >= 11 is 3.51. The SMILES string of the molecule is CCCCN(CCBr)c1ccncc1C. The van der Waals surface area contributed by atoms with Gasteiger partial charge in [-0.15, -0.1) is 0 Å². The molecule has 2 nitrogen and oxygen atoms in total. The first-order valence-corrected chi connectivity index (χ1v) is 6.63. The van der Waals surface area contributed by atoms with Crippen molar-refractivity contribution in [1.82, 2.24) is 4.98 Å². The normalized spacial score (nSPS) is 10.3. The summed E-state index contributed by atoms with van der Waals surface area (Å²) in [6.45, 7) is 6.54. The number of halogens is 1. The van der Waals surface area contributed by atoms with E-state index in [4.69, 9.17) is 0 Å². The number of nitrogens with zero attached hydrogens (tertiary/aromatic N) is 2. The number of hydrogen-bond acceptors (Lipinski definition) is 2. The molecule has 0 aromatic carbocycles. The minimum Gasteiger partial charge on any atom is -0.370 e. The largest absolute Gasteiger partial charge is 0.370 e. The van der Waals surface area contributed by atoms with Gasteiger partial charge in [-0.05, 0) is 25.0 Å². The number of unbranched alkanes of at least 4 members (excludes halogenated alkanes) is 1. The second-order valence-electron chi connectivity index (χ2n) is 3.69. The molecule has 0 aliphatic carbocycles. The molecule has 0 fully saturated rings. The van der Waals surface area contributed by atoms with Crippen molar-refractivity contribution < 1.29 is 0 Å². The Balaban J connectivity index is 2.74. The highest BCUT2D eigenvalue weighted by Gasteiger charge is 2.07. The molecule has 0 radical (unpaired) electrons. The standard InChI is InChI=1S/C12H19BrN2/c1-3-4-8-15(9-6-13)12-5-7-14-10-11(12)2/h5,7,10H,3-4,6,8-9H2,1-2H3. The van der Waals surface area contributed by atoms with Gasteiger partial charge < -0.3 is 4.90 Å². The number of pyridine rings is 1. The summed E-state index contributed by atoms with van der Waals surface area (Å²) in [4.78, 5) is 6.56. The maximum absolute atomic E-state index is 4.13. The van der Waals surface area contributed by atoms with Crippen molar-refractivity contribution in [3.05, 3.63) is 24.0 Å². The van der Waals surface area contributed by atoms with Crippen molar-refractivity contribution in [1.29, 1.82) is 0 Å². The molecule has 0 bridgehead atoms. The molecule has 1 aromatic rings. The van der Waals surface area contributed by atoms with Gasteiger partial charge in [0.2, 0.25) is 0 Å². The van der Waals surface area contributed by atoms with E-state index in [1.165, 1.54) is 24.1 Å². The molecule has 0 N–H and O–H groups in total. The quantitative estimate of drug-likeness (QED) is 0.737. The van der Waals surface area contributed by atoms with Crippen LogP contribution in [-0.2, 0) is 0 Å². The van der Waals surface area contributed by atoms with Crippen LogP contribution in [0.3, 0.4) is 0 Å². The highest BCUT2D eigenvalue weighted by atomic mass is 79.9. The molecule has 15 heavy (non-hydrogen) atoms. The molecule has 84 valence electrons. The van der Waals surface area contributed by atoms with Crippen molar-refractivity contribution in [2.24, 2.45) is 0 Å². The molecule has 0 aliphatic heterocycles. The minimum atomic E-state index is 1.01. The first kappa shape index (κ1) is 12.5. The molecule has 1 aromatic heterocycles. The van der Waals surface area contributed by atoms with Crippen LogP contribution in [0.1, 0.15) is 25.3 Å². The molecule has 0 amide bonds. The Bertz CT molecular complexity index is 289. The van der Waals surface area contributed by atoms with E-state index in [1.54, 1.807) is 0 Å². The lowest BCUT2D eigenvalue weighted by atomic mass is 10.2. The van der Waals surface area contributed by atoms with Gasteiger partial charge in [0.15, 0.2) is 0 Å². The van der Waals surface area contributed by atoms with Gasteiger partial charge in [-0.2, -0.15) is 0 Å². The molecular weight excluding hydrogens is 252 g/mol. The smallest absolute Gasteiger partial charge is 0.0427 e. The van der Waals surface area contributed by atoms with Crippen LogP contribution in [0.4, 0.5) is 5.69 Å². The van der Waals surface area contributed by atoms with Crippen LogP contribution in [0.2, 0.25) is 0 Å². The number of aryl methyl sites for hydroxylation is 1. The van der Waals surface area contributed by atoms with Crippen LogP contribution >= 0.6 is 15.9 Å². The van der Waals surface area contributed by atoms with Crippen LogP contribution in [0.5, 0.6) is 0 Å². The fourth-order valence-electron chi connectivity index (χ4n) is 1.62. The number of hydrogen-bond donors (Lipinski definition) is 0. The molecule has 0 spiro atoms. The fourth-order valence-corrected chi connectivity index (χ4v) is 2.05. The van der Waals surface area contributed by atoms with Gasteiger partial charge >= 0.3 is 0 Å². The van der Waals surface area contributed by atoms with Gasteiger partial charge in [0.05, 0.1) is 0 Å². The van der Waals surface area contributed by atoms with Crippen molar-refractivity contribution in [2.45, 2.75) is 26.7 Å². The molecule has 0 saturated heterocycles. The molecule has 1 heterocycles. The molecule has 0 saturated carbocycles. The zero-order valence-electron chi connectivity index (χ0n) is 9.54. The van der Waals surface area contributed by atoms with Gasteiger partial charge in [0, 0.05) is 36.5 Å². The number of alkyl halides is 1. The summed E-state index contributed by atoms with van der Waals surface area (Å²) in [6.07, 6.45) is 6.29. The topological polar surface area (TPSA) is 16.1 Å². The van der Waals surface area contributed by atoms with Crippen LogP contribution in [0.25, 0.3) is 0 Å². The number of aromatic nitrogens is 1. The van der Waals surface area contributed by atoms with Gasteiger partial charge in [-0.3, -0.25) is 4.98 Å². The molecule has 1 rings (SSSR count). The van der Waals surface area contributed by atoms with Crippen LogP contribution in [-0.4, -0.2) is 23.4 Å². The summed E-state index contributed by atoms with van der Waals surface area (Å²) in [5, 5.41) is 1.01. The Morgan fingerprint density at radius 2 is 2.20 bits per heavy atom. The van der Waals surface area contributed by atoms with E-state index in [1.807, 2.05) is 12.4 Å². The predicted octanol–water partition coefficient (Wildman–Crippen LogP) is 3.39. The van der Waals surface area contributed by atoms with E-state index in [0.717, 1.165) is 18.4 Å². The van der Waals surface area contributed by atoms with E-state index in [-0.39, 0.29) is 0 Å². The average Bonchev–Trinajstić information content (AvgIpc) is 2.25. The highest BCUT2D eigenvalue weighted by molar-refractivity contribution is 9.09. The van der Waals surface area contributed by atoms with Crippen LogP contribution in [0, 0.1) is 6.92 Å². The fraction of sp³-hybridized carbons (Fsp3) is 0.583. The second kappa shape index (κ2) is 6.83. The Labute approximate surface area is 101 Å². The number of rotatable bonds is 6. The Morgan fingerprint density at radius 1 is 1.40 bits per heavy atom. The Kier molecular flexibility index (Phi) is 5.69. The lowest BCUT2D eigenvalue weighted by molar-refractivity contribution is 0.733. The van der Waals surface area contributed by atoms with Crippen molar-refractivity contribution in [2.75, 3.05) is 23.3 Å². The van der Waals surface area contributed by atoms with E-state index in [0.29, 0.717) is 0 Å². The zero-order valence-corrected chi connectivity index (χ0v) is 11.1. The van der Waals surface area contributed by atoms with E-state index in [9.17, 15) is 0 Å². The van der Waals surface area contributed by atoms with Crippen LogP contribution in [0.15, 0.2) is 18.5 Å². The van der Waals surface area contributed by atoms with Crippen LogP contribution < -0.4 is 4.90 Å². The summed E-state index contributed by atoms with van der Waals surface area (Å²) in [6, 6.07) is 2.10. The number of anilines is 1. The summed E-state index contributed by atoms with van der Waals surface area (Å²) in [7, 11) is 0. The Morgan fingerprint density at radius 3 is 2.80 bits per heavy atom. The third-order valence-electron chi connectivity index (χ3n) is 2.47. The van der Waals surface area contributed by atoms with Gasteiger partial charge in [-0.1, -0.05) is 29.3 Å². The minimum absolute atomic E-state index is 1.01. The summed E-state index contributed by atoms with van der Waals surface area (Å²) in [5.74, 6) is 0. The molecule has 0 aliphatic rings. The van der Waals surface area contributed by atoms with Crippen molar-refractivity contribution >= 4 is 21.6 Å². The maximum Gasteiger partial charge on any atom is 0.0427 e.